The topological polar surface area (TPSA) is 32.3 Å². The van der Waals surface area contributed by atoms with E-state index < -0.39 is 0 Å². The molecule has 1 N–H and O–H groups in total. The molecule has 0 aromatic carbocycles. The lowest BCUT2D eigenvalue weighted by molar-refractivity contribution is -0.130. The number of halogens is 1. The summed E-state index contributed by atoms with van der Waals surface area (Å²) >= 11 is 0. The number of likely N-dealkylation sites (tertiary alicyclic amines) is 1. The standard InChI is InChI=1S/C12H22N2O.ClH/c1-13-8-11-6-7-14(9-11)12(15)5-4-10-2-3-10;/h10-11,13H,2-9H2,1H3;1H. The zero-order chi connectivity index (χ0) is 10.7. The minimum atomic E-state index is 0. The van der Waals surface area contributed by atoms with Gasteiger partial charge >= 0.3 is 0 Å². The van der Waals surface area contributed by atoms with Crippen LogP contribution in [0.2, 0.25) is 0 Å². The Bertz CT molecular complexity index is 231. The van der Waals surface area contributed by atoms with Crippen LogP contribution in [0.5, 0.6) is 0 Å². The molecule has 1 saturated heterocycles. The summed E-state index contributed by atoms with van der Waals surface area (Å²) in [4.78, 5) is 13.9. The highest BCUT2D eigenvalue weighted by Gasteiger charge is 2.27. The third kappa shape index (κ3) is 3.95. The molecule has 1 aliphatic carbocycles. The highest BCUT2D eigenvalue weighted by Crippen LogP contribution is 2.33. The van der Waals surface area contributed by atoms with E-state index >= 15 is 0 Å². The molecule has 1 unspecified atom stereocenters. The molecule has 4 heteroatoms. The summed E-state index contributed by atoms with van der Waals surface area (Å²) in [6.45, 7) is 3.01. The molecule has 2 rings (SSSR count). The lowest BCUT2D eigenvalue weighted by Crippen LogP contribution is -2.30. The second kappa shape index (κ2) is 6.45. The van der Waals surface area contributed by atoms with Gasteiger partial charge in [0.2, 0.25) is 5.91 Å². The van der Waals surface area contributed by atoms with Crippen LogP contribution in [0.25, 0.3) is 0 Å². The number of amides is 1. The first-order valence-electron chi connectivity index (χ1n) is 6.22. The number of rotatable bonds is 5. The van der Waals surface area contributed by atoms with E-state index in [0.29, 0.717) is 11.8 Å². The van der Waals surface area contributed by atoms with Crippen LogP contribution in [0.3, 0.4) is 0 Å². The van der Waals surface area contributed by atoms with Gasteiger partial charge in [0, 0.05) is 19.5 Å². The Morgan fingerprint density at radius 3 is 2.69 bits per heavy atom. The van der Waals surface area contributed by atoms with Crippen LogP contribution >= 0.6 is 12.4 Å². The van der Waals surface area contributed by atoms with E-state index in [4.69, 9.17) is 0 Å². The molecule has 2 fully saturated rings. The van der Waals surface area contributed by atoms with Crippen molar-refractivity contribution in [2.45, 2.75) is 32.1 Å². The quantitative estimate of drug-likeness (QED) is 0.801. The number of carbonyl (C=O) groups is 1. The third-order valence-electron chi connectivity index (χ3n) is 3.59. The van der Waals surface area contributed by atoms with Gasteiger partial charge in [0.15, 0.2) is 0 Å². The average Bonchev–Trinajstić information content (AvgIpc) is 2.94. The van der Waals surface area contributed by atoms with Gasteiger partial charge in [0.1, 0.15) is 0 Å². The molecule has 1 amide bonds. The number of nitrogens with one attached hydrogen (secondary N) is 1. The first-order valence-corrected chi connectivity index (χ1v) is 6.22. The Morgan fingerprint density at radius 1 is 1.31 bits per heavy atom. The summed E-state index contributed by atoms with van der Waals surface area (Å²) in [5, 5.41) is 3.19. The number of hydrogen-bond donors (Lipinski definition) is 1. The summed E-state index contributed by atoms with van der Waals surface area (Å²) in [6.07, 6.45) is 5.81. The molecule has 0 aromatic rings. The van der Waals surface area contributed by atoms with Crippen molar-refractivity contribution in [1.29, 1.82) is 0 Å². The Morgan fingerprint density at radius 2 is 2.06 bits per heavy atom. The summed E-state index contributed by atoms with van der Waals surface area (Å²) in [5.74, 6) is 1.95. The van der Waals surface area contributed by atoms with Crippen LogP contribution in [-0.4, -0.2) is 37.5 Å². The summed E-state index contributed by atoms with van der Waals surface area (Å²) in [7, 11) is 1.98. The molecule has 0 aromatic heterocycles. The second-order valence-corrected chi connectivity index (χ2v) is 5.03. The highest BCUT2D eigenvalue weighted by molar-refractivity contribution is 5.85. The van der Waals surface area contributed by atoms with Crippen molar-refractivity contribution < 1.29 is 4.79 Å². The number of nitrogens with zero attached hydrogens (tertiary/aromatic N) is 1. The molecule has 3 nitrogen and oxygen atoms in total. The minimum Gasteiger partial charge on any atom is -0.342 e. The van der Waals surface area contributed by atoms with E-state index in [9.17, 15) is 4.79 Å². The van der Waals surface area contributed by atoms with Crippen LogP contribution in [0.15, 0.2) is 0 Å². The van der Waals surface area contributed by atoms with E-state index in [1.807, 2.05) is 7.05 Å². The molecule has 2 aliphatic rings. The maximum Gasteiger partial charge on any atom is 0.222 e. The van der Waals surface area contributed by atoms with Crippen molar-refractivity contribution in [3.63, 3.8) is 0 Å². The largest absolute Gasteiger partial charge is 0.342 e. The molecule has 1 saturated carbocycles. The zero-order valence-corrected chi connectivity index (χ0v) is 10.9. The van der Waals surface area contributed by atoms with E-state index in [1.54, 1.807) is 0 Å². The lowest BCUT2D eigenvalue weighted by Gasteiger charge is -2.16. The van der Waals surface area contributed by atoms with Gasteiger partial charge in [-0.3, -0.25) is 4.79 Å². The molecular weight excluding hydrogens is 224 g/mol. The summed E-state index contributed by atoms with van der Waals surface area (Å²) in [5.41, 5.74) is 0. The molecule has 1 aliphatic heterocycles. The van der Waals surface area contributed by atoms with Crippen LogP contribution in [-0.2, 0) is 4.79 Å². The monoisotopic (exact) mass is 246 g/mol. The Labute approximate surface area is 104 Å². The fourth-order valence-corrected chi connectivity index (χ4v) is 2.41. The van der Waals surface area contributed by atoms with E-state index in [1.165, 1.54) is 19.3 Å². The summed E-state index contributed by atoms with van der Waals surface area (Å²) in [6, 6.07) is 0. The Hall–Kier alpha value is -0.280. The molecule has 0 radical (unpaired) electrons. The Balaban J connectivity index is 0.00000128. The van der Waals surface area contributed by atoms with Gasteiger partial charge < -0.3 is 10.2 Å². The summed E-state index contributed by atoms with van der Waals surface area (Å²) < 4.78 is 0. The highest BCUT2D eigenvalue weighted by atomic mass is 35.5. The van der Waals surface area contributed by atoms with Crippen molar-refractivity contribution in [2.75, 3.05) is 26.7 Å². The van der Waals surface area contributed by atoms with Crippen LogP contribution in [0.4, 0.5) is 0 Å². The number of carbonyl (C=O) groups excluding carboxylic acids is 1. The Kier molecular flexibility index (Phi) is 5.56. The van der Waals surface area contributed by atoms with E-state index in [-0.39, 0.29) is 12.4 Å². The predicted octanol–water partition coefficient (Wildman–Crippen LogP) is 1.67. The molecule has 1 atom stereocenters. The lowest BCUT2D eigenvalue weighted by atomic mass is 10.1. The van der Waals surface area contributed by atoms with Crippen LogP contribution < -0.4 is 5.32 Å². The van der Waals surface area contributed by atoms with Crippen LogP contribution in [0.1, 0.15) is 32.1 Å². The van der Waals surface area contributed by atoms with Crippen molar-refractivity contribution in [2.24, 2.45) is 11.8 Å². The number of hydrogen-bond acceptors (Lipinski definition) is 2. The molecule has 16 heavy (non-hydrogen) atoms. The van der Waals surface area contributed by atoms with Crippen LogP contribution in [0, 0.1) is 11.8 Å². The fraction of sp³-hybridized carbons (Fsp3) is 0.917. The van der Waals surface area contributed by atoms with Gasteiger partial charge in [-0.2, -0.15) is 0 Å². The first kappa shape index (κ1) is 13.8. The maximum atomic E-state index is 11.8. The zero-order valence-electron chi connectivity index (χ0n) is 10.1. The van der Waals surface area contributed by atoms with Gasteiger partial charge in [0.25, 0.3) is 0 Å². The molecule has 1 heterocycles. The molecular formula is C12H23ClN2O. The van der Waals surface area contributed by atoms with Gasteiger partial charge in [-0.1, -0.05) is 12.8 Å². The van der Waals surface area contributed by atoms with Crippen molar-refractivity contribution in [3.8, 4) is 0 Å². The smallest absolute Gasteiger partial charge is 0.222 e. The van der Waals surface area contributed by atoms with Crippen molar-refractivity contribution in [1.82, 2.24) is 10.2 Å². The van der Waals surface area contributed by atoms with Crippen molar-refractivity contribution in [3.05, 3.63) is 0 Å². The average molecular weight is 247 g/mol. The molecule has 0 spiro atoms. The fourth-order valence-electron chi connectivity index (χ4n) is 2.41. The minimum absolute atomic E-state index is 0. The predicted molar refractivity (Wildman–Crippen MR) is 67.8 cm³/mol. The van der Waals surface area contributed by atoms with Gasteiger partial charge in [0.05, 0.1) is 0 Å². The van der Waals surface area contributed by atoms with Gasteiger partial charge in [-0.15, -0.1) is 12.4 Å². The molecule has 94 valence electrons. The first-order chi connectivity index (χ1) is 7.29. The van der Waals surface area contributed by atoms with Gasteiger partial charge in [-0.25, -0.2) is 0 Å². The SMILES string of the molecule is CNCC1CCN(C(=O)CCC2CC2)C1.Cl. The van der Waals surface area contributed by atoms with Gasteiger partial charge in [-0.05, 0) is 38.3 Å². The van der Waals surface area contributed by atoms with Crippen molar-refractivity contribution >= 4 is 18.3 Å². The maximum absolute atomic E-state index is 11.8. The van der Waals surface area contributed by atoms with E-state index in [2.05, 4.69) is 10.2 Å². The second-order valence-electron chi connectivity index (χ2n) is 5.03. The molecule has 0 bridgehead atoms. The van der Waals surface area contributed by atoms with E-state index in [0.717, 1.165) is 38.4 Å². The third-order valence-corrected chi connectivity index (χ3v) is 3.59. The normalized spacial score (nSPS) is 24.3.